The fourth-order valence-corrected chi connectivity index (χ4v) is 3.90. The molecular weight excluding hydrogens is 296 g/mol. The number of hydrogen-bond donors (Lipinski definition) is 0. The van der Waals surface area contributed by atoms with Crippen molar-refractivity contribution in [2.75, 3.05) is 0 Å². The van der Waals surface area contributed by atoms with E-state index in [0.717, 1.165) is 39.7 Å². The molecule has 0 amide bonds. The summed E-state index contributed by atoms with van der Waals surface area (Å²) in [7, 11) is 0. The summed E-state index contributed by atoms with van der Waals surface area (Å²) in [6, 6.07) is 16.7. The third-order valence-electron chi connectivity index (χ3n) is 4.88. The molecule has 112 valence electrons. The average Bonchev–Trinajstić information content (AvgIpc) is 3.18. The number of imidazole rings is 1. The second kappa shape index (κ2) is 4.17. The van der Waals surface area contributed by atoms with E-state index in [9.17, 15) is 0 Å². The van der Waals surface area contributed by atoms with Gasteiger partial charge in [0.25, 0.3) is 0 Å². The maximum Gasteiger partial charge on any atom is 0.164 e. The van der Waals surface area contributed by atoms with Crippen LogP contribution < -0.4 is 0 Å². The lowest BCUT2D eigenvalue weighted by molar-refractivity contribution is 1.16. The third kappa shape index (κ3) is 1.36. The summed E-state index contributed by atoms with van der Waals surface area (Å²) < 4.78 is 2.23. The van der Waals surface area contributed by atoms with Crippen molar-refractivity contribution in [2.24, 2.45) is 0 Å². The van der Waals surface area contributed by atoms with Crippen molar-refractivity contribution < 1.29 is 0 Å². The Hall–Kier alpha value is -3.27. The molecule has 4 heterocycles. The Bertz CT molecular complexity index is 1280. The first-order chi connectivity index (χ1) is 11.9. The van der Waals surface area contributed by atoms with Crippen LogP contribution in [0.1, 0.15) is 11.3 Å². The molecule has 0 aliphatic heterocycles. The highest BCUT2D eigenvalue weighted by molar-refractivity contribution is 6.09. The Kier molecular flexibility index (Phi) is 2.12. The quantitative estimate of drug-likeness (QED) is 0.398. The lowest BCUT2D eigenvalue weighted by Crippen LogP contribution is -1.96. The van der Waals surface area contributed by atoms with Gasteiger partial charge >= 0.3 is 0 Å². The number of nitrogens with zero attached hydrogens (tertiary/aromatic N) is 4. The van der Waals surface area contributed by atoms with Crippen LogP contribution in [0.5, 0.6) is 0 Å². The minimum atomic E-state index is 0.878. The van der Waals surface area contributed by atoms with E-state index in [2.05, 4.69) is 50.8 Å². The minimum absolute atomic E-state index is 0.878. The van der Waals surface area contributed by atoms with Gasteiger partial charge in [0.1, 0.15) is 5.52 Å². The smallest absolute Gasteiger partial charge is 0.164 e. The second-order valence-corrected chi connectivity index (χ2v) is 6.17. The molecule has 0 atom stereocenters. The molecule has 5 aromatic rings. The van der Waals surface area contributed by atoms with Crippen LogP contribution in [0.15, 0.2) is 60.9 Å². The number of aromatic nitrogens is 4. The standard InChI is InChI=1S/C20H12N4/c1-2-6-13-12(5-1)11-15-19(13)24-16-8-4-10-21-17(16)14-7-3-9-22-18(14)20(24)23-15/h1-10H,11H2. The van der Waals surface area contributed by atoms with Gasteiger partial charge < -0.3 is 0 Å². The lowest BCUT2D eigenvalue weighted by atomic mass is 10.1. The van der Waals surface area contributed by atoms with Crippen molar-refractivity contribution >= 4 is 27.6 Å². The largest absolute Gasteiger partial charge is 0.289 e. The summed E-state index contributed by atoms with van der Waals surface area (Å²) in [5.41, 5.74) is 8.80. The maximum absolute atomic E-state index is 4.96. The Labute approximate surface area is 137 Å². The molecule has 1 aliphatic rings. The summed E-state index contributed by atoms with van der Waals surface area (Å²) in [5, 5.41) is 1.05. The molecule has 0 N–H and O–H groups in total. The summed E-state index contributed by atoms with van der Waals surface area (Å²) in [6.45, 7) is 0. The van der Waals surface area contributed by atoms with Gasteiger partial charge in [-0.25, -0.2) is 4.98 Å². The summed E-state index contributed by atoms with van der Waals surface area (Å²) >= 11 is 0. The molecule has 0 saturated carbocycles. The van der Waals surface area contributed by atoms with Crippen molar-refractivity contribution in [3.8, 4) is 11.3 Å². The molecule has 0 radical (unpaired) electrons. The maximum atomic E-state index is 4.96. The van der Waals surface area contributed by atoms with Crippen molar-refractivity contribution in [3.63, 3.8) is 0 Å². The molecule has 0 bridgehead atoms. The van der Waals surface area contributed by atoms with E-state index in [1.165, 1.54) is 16.8 Å². The average molecular weight is 308 g/mol. The number of benzene rings is 1. The minimum Gasteiger partial charge on any atom is -0.289 e. The number of hydrogen-bond acceptors (Lipinski definition) is 3. The Morgan fingerprint density at radius 3 is 2.62 bits per heavy atom. The Morgan fingerprint density at radius 1 is 0.833 bits per heavy atom. The van der Waals surface area contributed by atoms with Crippen LogP contribution in [0.25, 0.3) is 38.8 Å². The second-order valence-electron chi connectivity index (χ2n) is 6.17. The van der Waals surface area contributed by atoms with Gasteiger partial charge in [-0.2, -0.15) is 0 Å². The van der Waals surface area contributed by atoms with Crippen LogP contribution >= 0.6 is 0 Å². The van der Waals surface area contributed by atoms with E-state index in [1.807, 2.05) is 24.5 Å². The normalized spacial score (nSPS) is 12.8. The zero-order valence-electron chi connectivity index (χ0n) is 12.8. The van der Waals surface area contributed by atoms with Crippen molar-refractivity contribution in [1.29, 1.82) is 0 Å². The lowest BCUT2D eigenvalue weighted by Gasteiger charge is -2.09. The SMILES string of the molecule is c1ccc2c(c1)Cc1nc3c4ncccc4c4ncccc4n3c1-2. The van der Waals surface area contributed by atoms with Gasteiger partial charge in [0.2, 0.25) is 0 Å². The van der Waals surface area contributed by atoms with Crippen molar-refractivity contribution in [2.45, 2.75) is 6.42 Å². The van der Waals surface area contributed by atoms with Gasteiger partial charge in [-0.3, -0.25) is 14.4 Å². The van der Waals surface area contributed by atoms with Gasteiger partial charge in [0.05, 0.1) is 22.4 Å². The molecule has 1 aromatic carbocycles. The van der Waals surface area contributed by atoms with E-state index >= 15 is 0 Å². The van der Waals surface area contributed by atoms with Crippen LogP contribution in [0, 0.1) is 0 Å². The van der Waals surface area contributed by atoms with Gasteiger partial charge in [0, 0.05) is 29.8 Å². The van der Waals surface area contributed by atoms with Crippen LogP contribution in [0.2, 0.25) is 0 Å². The first-order valence-electron chi connectivity index (χ1n) is 8.03. The summed E-state index contributed by atoms with van der Waals surface area (Å²) in [6.07, 6.45) is 4.54. The molecule has 6 rings (SSSR count). The Balaban J connectivity index is 1.93. The van der Waals surface area contributed by atoms with Crippen molar-refractivity contribution in [1.82, 2.24) is 19.4 Å². The van der Waals surface area contributed by atoms with Gasteiger partial charge in [-0.1, -0.05) is 24.3 Å². The molecule has 4 aromatic heterocycles. The number of rotatable bonds is 0. The number of fused-ring (bicyclic) bond motifs is 10. The monoisotopic (exact) mass is 308 g/mol. The zero-order chi connectivity index (χ0) is 15.7. The van der Waals surface area contributed by atoms with Crippen LogP contribution in [-0.2, 0) is 6.42 Å². The third-order valence-corrected chi connectivity index (χ3v) is 4.88. The topological polar surface area (TPSA) is 43.1 Å². The molecule has 1 aliphatic carbocycles. The highest BCUT2D eigenvalue weighted by Gasteiger charge is 2.26. The zero-order valence-corrected chi connectivity index (χ0v) is 12.8. The fraction of sp³-hybridized carbons (Fsp3) is 0.0500. The highest BCUT2D eigenvalue weighted by atomic mass is 15.1. The summed E-state index contributed by atoms with van der Waals surface area (Å²) in [5.74, 6) is 0. The van der Waals surface area contributed by atoms with Gasteiger partial charge in [0.15, 0.2) is 5.65 Å². The van der Waals surface area contributed by atoms with Gasteiger partial charge in [-0.15, -0.1) is 0 Å². The van der Waals surface area contributed by atoms with Crippen LogP contribution in [0.4, 0.5) is 0 Å². The predicted molar refractivity (Wildman–Crippen MR) is 94.0 cm³/mol. The molecule has 0 spiro atoms. The molecule has 24 heavy (non-hydrogen) atoms. The Morgan fingerprint density at radius 2 is 1.67 bits per heavy atom. The van der Waals surface area contributed by atoms with Gasteiger partial charge in [-0.05, 0) is 29.8 Å². The van der Waals surface area contributed by atoms with Crippen LogP contribution in [-0.4, -0.2) is 19.4 Å². The van der Waals surface area contributed by atoms with E-state index < -0.39 is 0 Å². The number of pyridine rings is 3. The van der Waals surface area contributed by atoms with E-state index in [-0.39, 0.29) is 0 Å². The van der Waals surface area contributed by atoms with Crippen LogP contribution in [0.3, 0.4) is 0 Å². The first-order valence-corrected chi connectivity index (χ1v) is 8.03. The fourth-order valence-electron chi connectivity index (χ4n) is 3.90. The molecule has 0 saturated heterocycles. The summed E-state index contributed by atoms with van der Waals surface area (Å²) in [4.78, 5) is 14.2. The first kappa shape index (κ1) is 12.2. The predicted octanol–water partition coefficient (Wildman–Crippen LogP) is 4.00. The van der Waals surface area contributed by atoms with E-state index in [0.29, 0.717) is 0 Å². The molecule has 0 unspecified atom stereocenters. The van der Waals surface area contributed by atoms with E-state index in [1.54, 1.807) is 0 Å². The molecular formula is C20H12N4. The molecule has 4 nitrogen and oxygen atoms in total. The molecule has 4 heteroatoms. The van der Waals surface area contributed by atoms with E-state index in [4.69, 9.17) is 4.98 Å². The molecule has 0 fully saturated rings. The van der Waals surface area contributed by atoms with Crippen molar-refractivity contribution in [3.05, 3.63) is 72.2 Å². The highest BCUT2D eigenvalue weighted by Crippen LogP contribution is 2.39.